The van der Waals surface area contributed by atoms with Crippen molar-refractivity contribution in [3.05, 3.63) is 0 Å². The highest BCUT2D eigenvalue weighted by Crippen LogP contribution is 2.18. The summed E-state index contributed by atoms with van der Waals surface area (Å²) in [6.07, 6.45) is 14.3. The van der Waals surface area contributed by atoms with Crippen LogP contribution in [0.15, 0.2) is 0 Å². The molecule has 16 heavy (non-hydrogen) atoms. The molecule has 0 N–H and O–H groups in total. The van der Waals surface area contributed by atoms with Gasteiger partial charge in [0.05, 0.1) is 0 Å². The average molecular weight is 226 g/mol. The monoisotopic (exact) mass is 226 g/mol. The lowest BCUT2D eigenvalue weighted by Crippen LogP contribution is -1.95. The summed E-state index contributed by atoms with van der Waals surface area (Å²) in [5.41, 5.74) is 0. The van der Waals surface area contributed by atoms with Crippen molar-refractivity contribution in [1.29, 1.82) is 0 Å². The molecule has 0 aromatic carbocycles. The highest BCUT2D eigenvalue weighted by molar-refractivity contribution is 4.55. The van der Waals surface area contributed by atoms with Crippen LogP contribution in [0.1, 0.15) is 91.9 Å². The van der Waals surface area contributed by atoms with E-state index in [1.165, 1.54) is 64.2 Å². The first-order valence-corrected chi connectivity index (χ1v) is 7.70. The zero-order valence-electron chi connectivity index (χ0n) is 12.2. The van der Waals surface area contributed by atoms with Gasteiger partial charge < -0.3 is 0 Å². The molecule has 0 saturated carbocycles. The third kappa shape index (κ3) is 10.5. The molecule has 0 nitrogen and oxygen atoms in total. The summed E-state index contributed by atoms with van der Waals surface area (Å²) in [6, 6.07) is 0. The molecule has 0 saturated heterocycles. The van der Waals surface area contributed by atoms with Gasteiger partial charge in [-0.1, -0.05) is 91.9 Å². The molecular weight excluding hydrogens is 192 g/mol. The highest BCUT2D eigenvalue weighted by atomic mass is 14.1. The fraction of sp³-hybridized carbons (Fsp3) is 1.00. The lowest BCUT2D eigenvalue weighted by molar-refractivity contribution is 0.430. The Morgan fingerprint density at radius 2 is 1.12 bits per heavy atom. The Bertz CT molecular complexity index is 128. The molecular formula is C16H34. The summed E-state index contributed by atoms with van der Waals surface area (Å²) < 4.78 is 0. The van der Waals surface area contributed by atoms with Crippen LogP contribution in [0.25, 0.3) is 0 Å². The van der Waals surface area contributed by atoms with Crippen LogP contribution in [0.2, 0.25) is 0 Å². The smallest absolute Gasteiger partial charge is 0.0443 e. The Labute approximate surface area is 104 Å². The molecule has 0 aromatic heterocycles. The second kappa shape index (κ2) is 11.5. The fourth-order valence-electron chi connectivity index (χ4n) is 2.24. The first kappa shape index (κ1) is 16.0. The third-order valence-corrected chi connectivity index (χ3v) is 3.89. The van der Waals surface area contributed by atoms with Gasteiger partial charge in [-0.2, -0.15) is 0 Å². The topological polar surface area (TPSA) is 0 Å². The first-order chi connectivity index (χ1) is 7.70. The summed E-state index contributed by atoms with van der Waals surface area (Å²) >= 11 is 0. The van der Waals surface area contributed by atoms with Gasteiger partial charge in [0.15, 0.2) is 0 Å². The number of hydrogen-bond acceptors (Lipinski definition) is 0. The van der Waals surface area contributed by atoms with E-state index >= 15 is 0 Å². The maximum absolute atomic E-state index is 2.43. The normalized spacial score (nSPS) is 15.0. The van der Waals surface area contributed by atoms with Crippen LogP contribution in [-0.2, 0) is 0 Å². The summed E-state index contributed by atoms with van der Waals surface area (Å²) in [7, 11) is 0. The van der Waals surface area contributed by atoms with Crippen LogP contribution in [0.5, 0.6) is 0 Å². The maximum Gasteiger partial charge on any atom is -0.0443 e. The zero-order valence-corrected chi connectivity index (χ0v) is 12.2. The molecule has 0 aromatic rings. The van der Waals surface area contributed by atoms with E-state index in [1.54, 1.807) is 0 Å². The van der Waals surface area contributed by atoms with E-state index in [1.807, 2.05) is 0 Å². The number of hydrogen-bond donors (Lipinski definition) is 0. The predicted octanol–water partition coefficient (Wildman–Crippen LogP) is 6.20. The van der Waals surface area contributed by atoms with E-state index in [2.05, 4.69) is 27.7 Å². The van der Waals surface area contributed by atoms with E-state index in [9.17, 15) is 0 Å². The summed E-state index contributed by atoms with van der Waals surface area (Å²) in [5.74, 6) is 1.91. The van der Waals surface area contributed by atoms with Crippen LogP contribution in [0, 0.1) is 11.8 Å². The van der Waals surface area contributed by atoms with Crippen molar-refractivity contribution < 1.29 is 0 Å². The Kier molecular flexibility index (Phi) is 11.5. The SMILES string of the molecule is CCCCC(C)CCCCCCC(C)CC. The van der Waals surface area contributed by atoms with Gasteiger partial charge in [0.25, 0.3) is 0 Å². The largest absolute Gasteiger partial charge is 0.0654 e. The molecule has 0 heterocycles. The van der Waals surface area contributed by atoms with E-state index in [0.29, 0.717) is 0 Å². The van der Waals surface area contributed by atoms with Crippen molar-refractivity contribution in [2.45, 2.75) is 91.9 Å². The first-order valence-electron chi connectivity index (χ1n) is 7.70. The molecule has 0 radical (unpaired) electrons. The van der Waals surface area contributed by atoms with E-state index < -0.39 is 0 Å². The summed E-state index contributed by atoms with van der Waals surface area (Å²) in [4.78, 5) is 0. The Hall–Kier alpha value is 0. The van der Waals surface area contributed by atoms with Crippen molar-refractivity contribution in [1.82, 2.24) is 0 Å². The number of rotatable bonds is 11. The molecule has 0 rings (SSSR count). The van der Waals surface area contributed by atoms with Gasteiger partial charge in [-0.15, -0.1) is 0 Å². The molecule has 0 aliphatic carbocycles. The van der Waals surface area contributed by atoms with Gasteiger partial charge in [0.2, 0.25) is 0 Å². The molecule has 2 atom stereocenters. The summed E-state index contributed by atoms with van der Waals surface area (Å²) in [6.45, 7) is 9.41. The minimum Gasteiger partial charge on any atom is -0.0654 e. The minimum absolute atomic E-state index is 0.948. The van der Waals surface area contributed by atoms with Crippen molar-refractivity contribution >= 4 is 0 Å². The van der Waals surface area contributed by atoms with Crippen molar-refractivity contribution in [3.8, 4) is 0 Å². The molecule has 0 heteroatoms. The quantitative estimate of drug-likeness (QED) is 0.368. The Balaban J connectivity index is 3.14. The van der Waals surface area contributed by atoms with Crippen molar-refractivity contribution in [2.75, 3.05) is 0 Å². The van der Waals surface area contributed by atoms with Crippen molar-refractivity contribution in [3.63, 3.8) is 0 Å². The van der Waals surface area contributed by atoms with Gasteiger partial charge in [-0.05, 0) is 11.8 Å². The van der Waals surface area contributed by atoms with Gasteiger partial charge in [-0.3, -0.25) is 0 Å². The minimum atomic E-state index is 0.948. The molecule has 98 valence electrons. The van der Waals surface area contributed by atoms with Crippen LogP contribution in [-0.4, -0.2) is 0 Å². The highest BCUT2D eigenvalue weighted by Gasteiger charge is 2.02. The Morgan fingerprint density at radius 3 is 1.62 bits per heavy atom. The van der Waals surface area contributed by atoms with Gasteiger partial charge in [-0.25, -0.2) is 0 Å². The molecule has 0 fully saturated rings. The van der Waals surface area contributed by atoms with Gasteiger partial charge in [0.1, 0.15) is 0 Å². The van der Waals surface area contributed by atoms with Crippen LogP contribution in [0.3, 0.4) is 0 Å². The van der Waals surface area contributed by atoms with E-state index in [0.717, 1.165) is 11.8 Å². The zero-order chi connectivity index (χ0) is 12.2. The third-order valence-electron chi connectivity index (χ3n) is 3.89. The number of unbranched alkanes of at least 4 members (excludes halogenated alkanes) is 4. The second-order valence-corrected chi connectivity index (χ2v) is 5.75. The lowest BCUT2D eigenvalue weighted by atomic mass is 9.96. The molecule has 0 spiro atoms. The molecule has 0 amide bonds. The molecule has 0 aliphatic heterocycles. The average Bonchev–Trinajstić information content (AvgIpc) is 2.30. The van der Waals surface area contributed by atoms with Crippen molar-refractivity contribution in [2.24, 2.45) is 11.8 Å². The van der Waals surface area contributed by atoms with E-state index in [4.69, 9.17) is 0 Å². The van der Waals surface area contributed by atoms with Crippen LogP contribution >= 0.6 is 0 Å². The predicted molar refractivity (Wildman–Crippen MR) is 75.8 cm³/mol. The fourth-order valence-corrected chi connectivity index (χ4v) is 2.24. The Morgan fingerprint density at radius 1 is 0.625 bits per heavy atom. The maximum atomic E-state index is 2.43. The molecule has 2 unspecified atom stereocenters. The van der Waals surface area contributed by atoms with Gasteiger partial charge >= 0.3 is 0 Å². The second-order valence-electron chi connectivity index (χ2n) is 5.75. The van der Waals surface area contributed by atoms with Crippen LogP contribution in [0.4, 0.5) is 0 Å². The lowest BCUT2D eigenvalue weighted by Gasteiger charge is -2.11. The molecule has 0 aliphatic rings. The van der Waals surface area contributed by atoms with E-state index in [-0.39, 0.29) is 0 Å². The van der Waals surface area contributed by atoms with Gasteiger partial charge in [0, 0.05) is 0 Å². The molecule has 0 bridgehead atoms. The standard InChI is InChI=1S/C16H34/c1-5-7-12-16(4)14-11-9-8-10-13-15(3)6-2/h15-16H,5-14H2,1-4H3. The summed E-state index contributed by atoms with van der Waals surface area (Å²) in [5, 5.41) is 0. The van der Waals surface area contributed by atoms with Crippen LogP contribution < -0.4 is 0 Å².